The summed E-state index contributed by atoms with van der Waals surface area (Å²) in [6, 6.07) is 4.81. The molecule has 3 rings (SSSR count). The number of carbonyl (C=O) groups excluding carboxylic acids is 1. The van der Waals surface area contributed by atoms with E-state index in [1.54, 1.807) is 32.9 Å². The van der Waals surface area contributed by atoms with Crippen molar-refractivity contribution in [1.29, 1.82) is 0 Å². The lowest BCUT2D eigenvalue weighted by Crippen LogP contribution is -2.43. The number of benzene rings is 1. The Hall–Kier alpha value is -1.12. The summed E-state index contributed by atoms with van der Waals surface area (Å²) in [6.45, 7) is 6.18. The average molecular weight is 431 g/mol. The van der Waals surface area contributed by atoms with Crippen LogP contribution in [0.4, 0.5) is 9.18 Å². The van der Waals surface area contributed by atoms with E-state index in [-0.39, 0.29) is 18.3 Å². The molecule has 1 N–H and O–H groups in total. The second kappa shape index (κ2) is 6.89. The summed E-state index contributed by atoms with van der Waals surface area (Å²) in [7, 11) is 0. The van der Waals surface area contributed by atoms with Crippen molar-refractivity contribution in [3.05, 3.63) is 34.1 Å². The van der Waals surface area contributed by atoms with Gasteiger partial charge in [-0.3, -0.25) is 5.32 Å². The molecule has 1 aromatic carbocycles. The first-order valence-electron chi connectivity index (χ1n) is 7.95. The van der Waals surface area contributed by atoms with Crippen molar-refractivity contribution in [2.45, 2.75) is 31.9 Å². The van der Waals surface area contributed by atoms with Gasteiger partial charge in [-0.25, -0.2) is 14.2 Å². The SMILES string of the molecule is CC(C)(C)OC(=O)NC1=N[C@@]2(c3cc(Br)ccc3F)COC[C@H]2CS1. The van der Waals surface area contributed by atoms with Crippen molar-refractivity contribution < 1.29 is 18.7 Å². The fourth-order valence-electron chi connectivity index (χ4n) is 2.96. The van der Waals surface area contributed by atoms with Crippen LogP contribution in [0, 0.1) is 11.7 Å². The van der Waals surface area contributed by atoms with Crippen molar-refractivity contribution in [2.24, 2.45) is 10.9 Å². The van der Waals surface area contributed by atoms with Crippen LogP contribution in [-0.2, 0) is 15.0 Å². The first kappa shape index (κ1) is 18.7. The van der Waals surface area contributed by atoms with Crippen LogP contribution in [0.15, 0.2) is 27.7 Å². The molecule has 136 valence electrons. The molecule has 0 radical (unpaired) electrons. The number of nitrogens with one attached hydrogen (secondary N) is 1. The van der Waals surface area contributed by atoms with Gasteiger partial charge in [0.1, 0.15) is 17.0 Å². The zero-order chi connectivity index (χ0) is 18.2. The second-order valence-corrected chi connectivity index (χ2v) is 9.04. The van der Waals surface area contributed by atoms with E-state index in [2.05, 4.69) is 21.2 Å². The van der Waals surface area contributed by atoms with Gasteiger partial charge < -0.3 is 9.47 Å². The van der Waals surface area contributed by atoms with E-state index in [0.29, 0.717) is 23.1 Å². The maximum Gasteiger partial charge on any atom is 0.413 e. The largest absolute Gasteiger partial charge is 0.444 e. The van der Waals surface area contributed by atoms with Gasteiger partial charge in [0.2, 0.25) is 0 Å². The van der Waals surface area contributed by atoms with Crippen LogP contribution >= 0.6 is 27.7 Å². The van der Waals surface area contributed by atoms with Gasteiger partial charge in [0.25, 0.3) is 0 Å². The number of nitrogens with zero attached hydrogens (tertiary/aromatic N) is 1. The lowest BCUT2D eigenvalue weighted by atomic mass is 9.81. The zero-order valence-electron chi connectivity index (χ0n) is 14.3. The van der Waals surface area contributed by atoms with E-state index in [1.807, 2.05) is 0 Å². The summed E-state index contributed by atoms with van der Waals surface area (Å²) in [5.41, 5.74) is -0.950. The number of rotatable bonds is 1. The number of hydrogen-bond acceptors (Lipinski definition) is 5. The standard InChI is InChI=1S/C17H20BrFN2O3S/c1-16(2,3)24-15(22)20-14-21-17(9-23-7-10(17)8-25-14)12-6-11(18)4-5-13(12)19/h4-6,10H,7-9H2,1-3H3,(H,20,21,22)/t10-,17-/m0/s1. The number of alkyl carbamates (subject to hydrolysis) is 1. The molecule has 1 fully saturated rings. The monoisotopic (exact) mass is 430 g/mol. The van der Waals surface area contributed by atoms with Crippen molar-refractivity contribution in [3.8, 4) is 0 Å². The van der Waals surface area contributed by atoms with Gasteiger partial charge in [-0.15, -0.1) is 0 Å². The molecule has 0 unspecified atom stereocenters. The summed E-state index contributed by atoms with van der Waals surface area (Å²) >= 11 is 4.82. The molecule has 2 aliphatic rings. The predicted molar refractivity (Wildman–Crippen MR) is 99.3 cm³/mol. The molecular formula is C17H20BrFN2O3S. The van der Waals surface area contributed by atoms with Crippen LogP contribution in [0.5, 0.6) is 0 Å². The highest BCUT2D eigenvalue weighted by molar-refractivity contribution is 9.10. The number of amides is 1. The number of carbonyl (C=O) groups is 1. The van der Waals surface area contributed by atoms with Gasteiger partial charge in [0.15, 0.2) is 5.17 Å². The molecule has 0 saturated carbocycles. The van der Waals surface area contributed by atoms with Gasteiger partial charge >= 0.3 is 6.09 Å². The molecule has 1 saturated heterocycles. The summed E-state index contributed by atoms with van der Waals surface area (Å²) in [6.07, 6.45) is -0.569. The van der Waals surface area contributed by atoms with E-state index in [9.17, 15) is 9.18 Å². The van der Waals surface area contributed by atoms with E-state index in [4.69, 9.17) is 14.5 Å². The van der Waals surface area contributed by atoms with Crippen molar-refractivity contribution in [1.82, 2.24) is 5.32 Å². The summed E-state index contributed by atoms with van der Waals surface area (Å²) < 4.78 is 26.2. The van der Waals surface area contributed by atoms with Crippen LogP contribution in [0.3, 0.4) is 0 Å². The van der Waals surface area contributed by atoms with Gasteiger partial charge in [-0.2, -0.15) is 0 Å². The molecule has 25 heavy (non-hydrogen) atoms. The first-order valence-corrected chi connectivity index (χ1v) is 9.73. The van der Waals surface area contributed by atoms with Gasteiger partial charge in [-0.1, -0.05) is 27.7 Å². The molecule has 0 aromatic heterocycles. The third-order valence-electron chi connectivity index (χ3n) is 4.04. The van der Waals surface area contributed by atoms with Crippen LogP contribution in [0.2, 0.25) is 0 Å². The maximum absolute atomic E-state index is 14.5. The third-order valence-corrected chi connectivity index (χ3v) is 5.57. The fraction of sp³-hybridized carbons (Fsp3) is 0.529. The molecule has 1 amide bonds. The number of fused-ring (bicyclic) bond motifs is 1. The molecule has 0 aliphatic carbocycles. The summed E-state index contributed by atoms with van der Waals surface area (Å²) in [4.78, 5) is 16.7. The molecular weight excluding hydrogens is 411 g/mol. The van der Waals surface area contributed by atoms with Crippen LogP contribution in [0.1, 0.15) is 26.3 Å². The Kier molecular flexibility index (Phi) is 5.14. The Morgan fingerprint density at radius 3 is 3.00 bits per heavy atom. The minimum atomic E-state index is -0.830. The predicted octanol–water partition coefficient (Wildman–Crippen LogP) is 4.06. The highest BCUT2D eigenvalue weighted by Crippen LogP contribution is 2.45. The quantitative estimate of drug-likeness (QED) is 0.729. The van der Waals surface area contributed by atoms with Crippen LogP contribution in [-0.4, -0.2) is 35.8 Å². The van der Waals surface area contributed by atoms with E-state index < -0.39 is 17.2 Å². The smallest absolute Gasteiger partial charge is 0.413 e. The third kappa shape index (κ3) is 4.01. The number of halogens is 2. The van der Waals surface area contributed by atoms with E-state index in [1.165, 1.54) is 17.8 Å². The highest BCUT2D eigenvalue weighted by Gasteiger charge is 2.49. The van der Waals surface area contributed by atoms with Crippen LogP contribution in [0.25, 0.3) is 0 Å². The Morgan fingerprint density at radius 2 is 2.28 bits per heavy atom. The highest BCUT2D eigenvalue weighted by atomic mass is 79.9. The minimum Gasteiger partial charge on any atom is -0.444 e. The minimum absolute atomic E-state index is 0.0467. The fourth-order valence-corrected chi connectivity index (χ4v) is 4.43. The average Bonchev–Trinajstić information content (AvgIpc) is 2.91. The molecule has 1 aromatic rings. The molecule has 5 nitrogen and oxygen atoms in total. The Bertz CT molecular complexity index is 722. The lowest BCUT2D eigenvalue weighted by molar-refractivity contribution is 0.0564. The number of thioether (sulfide) groups is 1. The molecule has 0 bridgehead atoms. The maximum atomic E-state index is 14.5. The molecule has 2 aliphatic heterocycles. The first-order chi connectivity index (χ1) is 11.7. The van der Waals surface area contributed by atoms with E-state index in [0.717, 1.165) is 4.47 Å². The van der Waals surface area contributed by atoms with Gasteiger partial charge in [-0.05, 0) is 39.0 Å². The number of amidine groups is 1. The van der Waals surface area contributed by atoms with Crippen LogP contribution < -0.4 is 5.32 Å². The van der Waals surface area contributed by atoms with Crippen molar-refractivity contribution >= 4 is 39.0 Å². The Labute approximate surface area is 158 Å². The summed E-state index contributed by atoms with van der Waals surface area (Å²) in [5.74, 6) is 0.400. The van der Waals surface area contributed by atoms with Crippen molar-refractivity contribution in [2.75, 3.05) is 19.0 Å². The Morgan fingerprint density at radius 1 is 1.52 bits per heavy atom. The van der Waals surface area contributed by atoms with Gasteiger partial charge in [0, 0.05) is 21.7 Å². The van der Waals surface area contributed by atoms with E-state index >= 15 is 0 Å². The normalized spacial score (nSPS) is 26.0. The molecule has 2 heterocycles. The zero-order valence-corrected chi connectivity index (χ0v) is 16.7. The van der Waals surface area contributed by atoms with Crippen molar-refractivity contribution in [3.63, 3.8) is 0 Å². The number of hydrogen-bond donors (Lipinski definition) is 1. The molecule has 8 heteroatoms. The number of ether oxygens (including phenoxy) is 2. The number of aliphatic imine (C=N–C) groups is 1. The topological polar surface area (TPSA) is 59.9 Å². The van der Waals surface area contributed by atoms with Gasteiger partial charge in [0.05, 0.1) is 13.2 Å². The molecule has 2 atom stereocenters. The lowest BCUT2D eigenvalue weighted by Gasteiger charge is -2.35. The molecule has 0 spiro atoms. The second-order valence-electron chi connectivity index (χ2n) is 7.12. The Balaban J connectivity index is 1.93. The summed E-state index contributed by atoms with van der Waals surface area (Å²) in [5, 5.41) is 3.11.